The smallest absolute Gasteiger partial charge is 0.410 e. The topological polar surface area (TPSA) is 51.7 Å². The molecule has 0 aliphatic carbocycles. The third kappa shape index (κ3) is 4.18. The van der Waals surface area contributed by atoms with E-state index in [0.29, 0.717) is 13.1 Å². The third-order valence-electron chi connectivity index (χ3n) is 2.99. The Balaban J connectivity index is 1.82. The summed E-state index contributed by atoms with van der Waals surface area (Å²) in [6, 6.07) is 0. The van der Waals surface area contributed by atoms with Gasteiger partial charge in [0.25, 0.3) is 0 Å². The molecule has 2 heterocycles. The van der Waals surface area contributed by atoms with Gasteiger partial charge in [-0.2, -0.15) is 0 Å². The molecule has 2 atom stereocenters. The Hall–Kier alpha value is -1.14. The zero-order chi connectivity index (χ0) is 14.8. The Labute approximate surface area is 123 Å². The highest BCUT2D eigenvalue weighted by Crippen LogP contribution is 2.25. The highest BCUT2D eigenvalue weighted by atomic mass is 32.1. The van der Waals surface area contributed by atoms with Gasteiger partial charge in [-0.1, -0.05) is 0 Å². The summed E-state index contributed by atoms with van der Waals surface area (Å²) in [6.07, 6.45) is 2.39. The first-order valence-corrected chi connectivity index (χ1v) is 7.76. The molecule has 1 amide bonds. The van der Waals surface area contributed by atoms with Gasteiger partial charge < -0.3 is 14.4 Å². The highest BCUT2D eigenvalue weighted by Gasteiger charge is 2.31. The molecule has 1 aliphatic heterocycles. The van der Waals surface area contributed by atoms with E-state index in [4.69, 9.17) is 9.47 Å². The van der Waals surface area contributed by atoms with Gasteiger partial charge in [0.15, 0.2) is 0 Å². The van der Waals surface area contributed by atoms with E-state index in [1.807, 2.05) is 33.1 Å². The largest absolute Gasteiger partial charge is 0.444 e. The van der Waals surface area contributed by atoms with E-state index < -0.39 is 5.60 Å². The second kappa shape index (κ2) is 6.10. The minimum Gasteiger partial charge on any atom is -0.444 e. The fraction of sp³-hybridized carbons (Fsp3) is 0.714. The van der Waals surface area contributed by atoms with E-state index in [9.17, 15) is 4.79 Å². The molecular weight excluding hydrogens is 276 g/mol. The van der Waals surface area contributed by atoms with Crippen molar-refractivity contribution in [2.45, 2.75) is 51.9 Å². The maximum atomic E-state index is 12.0. The van der Waals surface area contributed by atoms with Crippen molar-refractivity contribution in [3.63, 3.8) is 0 Å². The zero-order valence-electron chi connectivity index (χ0n) is 12.5. The molecule has 1 aliphatic rings. The third-order valence-corrected chi connectivity index (χ3v) is 3.93. The van der Waals surface area contributed by atoms with Gasteiger partial charge in [0.05, 0.1) is 12.6 Å². The van der Waals surface area contributed by atoms with Crippen LogP contribution in [-0.4, -0.2) is 40.8 Å². The lowest BCUT2D eigenvalue weighted by Crippen LogP contribution is -2.36. The normalized spacial score (nSPS) is 21.0. The molecule has 1 aromatic heterocycles. The van der Waals surface area contributed by atoms with E-state index >= 15 is 0 Å². The lowest BCUT2D eigenvalue weighted by Gasteiger charge is -2.24. The average molecular weight is 298 g/mol. The number of hydrogen-bond donors (Lipinski definition) is 0. The summed E-state index contributed by atoms with van der Waals surface area (Å²) in [6.45, 7) is 8.89. The van der Waals surface area contributed by atoms with Crippen molar-refractivity contribution in [1.29, 1.82) is 0 Å². The Bertz CT molecular complexity index is 442. The van der Waals surface area contributed by atoms with Crippen LogP contribution in [0.2, 0.25) is 0 Å². The molecule has 0 N–H and O–H groups in total. The molecule has 5 nitrogen and oxygen atoms in total. The van der Waals surface area contributed by atoms with E-state index in [2.05, 4.69) is 4.98 Å². The van der Waals surface area contributed by atoms with Gasteiger partial charge in [0.2, 0.25) is 0 Å². The summed E-state index contributed by atoms with van der Waals surface area (Å²) >= 11 is 1.59. The predicted octanol–water partition coefficient (Wildman–Crippen LogP) is 3.23. The number of thiazole rings is 1. The van der Waals surface area contributed by atoms with Crippen molar-refractivity contribution < 1.29 is 14.3 Å². The number of amides is 1. The summed E-state index contributed by atoms with van der Waals surface area (Å²) in [5.41, 5.74) is -0.454. The predicted molar refractivity (Wildman–Crippen MR) is 77.8 cm³/mol. The lowest BCUT2D eigenvalue weighted by atomic mass is 10.2. The Morgan fingerprint density at radius 3 is 2.90 bits per heavy atom. The molecule has 0 saturated carbocycles. The number of hydrogen-bond acceptors (Lipinski definition) is 5. The Morgan fingerprint density at radius 1 is 1.55 bits per heavy atom. The number of carbonyl (C=O) groups excluding carboxylic acids is 1. The molecule has 0 aromatic carbocycles. The van der Waals surface area contributed by atoms with Crippen molar-refractivity contribution in [3.8, 4) is 0 Å². The van der Waals surface area contributed by atoms with Crippen molar-refractivity contribution in [2.24, 2.45) is 0 Å². The van der Waals surface area contributed by atoms with E-state index in [-0.39, 0.29) is 18.3 Å². The van der Waals surface area contributed by atoms with Gasteiger partial charge in [-0.05, 0) is 34.1 Å². The van der Waals surface area contributed by atoms with Gasteiger partial charge in [-0.15, -0.1) is 11.3 Å². The summed E-state index contributed by atoms with van der Waals surface area (Å²) in [5.74, 6) is 0. The van der Waals surface area contributed by atoms with Gasteiger partial charge in [0.1, 0.15) is 16.7 Å². The average Bonchev–Trinajstić information content (AvgIpc) is 2.97. The summed E-state index contributed by atoms with van der Waals surface area (Å²) in [7, 11) is 0. The molecule has 0 bridgehead atoms. The summed E-state index contributed by atoms with van der Waals surface area (Å²) < 4.78 is 11.3. The first-order valence-electron chi connectivity index (χ1n) is 6.88. The van der Waals surface area contributed by atoms with E-state index in [1.54, 1.807) is 22.4 Å². The fourth-order valence-electron chi connectivity index (χ4n) is 2.11. The number of aromatic nitrogens is 1. The van der Waals surface area contributed by atoms with Crippen LogP contribution in [0.15, 0.2) is 11.6 Å². The lowest BCUT2D eigenvalue weighted by molar-refractivity contribution is -0.00399. The second-order valence-electron chi connectivity index (χ2n) is 5.99. The van der Waals surface area contributed by atoms with E-state index in [1.165, 1.54) is 0 Å². The number of rotatable bonds is 3. The molecule has 2 rings (SSSR count). The molecule has 1 saturated heterocycles. The molecule has 1 fully saturated rings. The van der Waals surface area contributed by atoms with Crippen molar-refractivity contribution in [2.75, 3.05) is 13.1 Å². The van der Waals surface area contributed by atoms with Crippen LogP contribution >= 0.6 is 11.3 Å². The number of nitrogens with zero attached hydrogens (tertiary/aromatic N) is 2. The minimum absolute atomic E-state index is 0.0291. The van der Waals surface area contributed by atoms with Gasteiger partial charge in [0, 0.05) is 18.1 Å². The zero-order valence-corrected chi connectivity index (χ0v) is 13.3. The molecule has 1 unspecified atom stereocenters. The van der Waals surface area contributed by atoms with Gasteiger partial charge in [-0.3, -0.25) is 0 Å². The Kier molecular flexibility index (Phi) is 4.65. The quantitative estimate of drug-likeness (QED) is 0.859. The minimum atomic E-state index is -0.454. The van der Waals surface area contributed by atoms with Crippen LogP contribution in [0.4, 0.5) is 4.79 Å². The molecule has 112 valence electrons. The monoisotopic (exact) mass is 298 g/mol. The maximum Gasteiger partial charge on any atom is 0.410 e. The first-order chi connectivity index (χ1) is 9.35. The number of likely N-dealkylation sites (tertiary alicyclic amines) is 1. The van der Waals surface area contributed by atoms with Crippen molar-refractivity contribution >= 4 is 17.4 Å². The van der Waals surface area contributed by atoms with Crippen LogP contribution < -0.4 is 0 Å². The summed E-state index contributed by atoms with van der Waals surface area (Å²) in [5, 5.41) is 2.91. The van der Waals surface area contributed by atoms with Crippen LogP contribution in [0.3, 0.4) is 0 Å². The molecule has 0 radical (unpaired) electrons. The molecule has 1 aromatic rings. The molecular formula is C14H22N2O3S. The fourth-order valence-corrected chi connectivity index (χ4v) is 2.74. The van der Waals surface area contributed by atoms with Crippen LogP contribution in [0.1, 0.15) is 45.2 Å². The van der Waals surface area contributed by atoms with Crippen molar-refractivity contribution in [1.82, 2.24) is 9.88 Å². The van der Waals surface area contributed by atoms with Crippen LogP contribution in [0.5, 0.6) is 0 Å². The van der Waals surface area contributed by atoms with Gasteiger partial charge in [-0.25, -0.2) is 9.78 Å². The second-order valence-corrected chi connectivity index (χ2v) is 6.91. The first kappa shape index (κ1) is 15.3. The number of ether oxygens (including phenoxy) is 2. The van der Waals surface area contributed by atoms with Crippen LogP contribution in [0, 0.1) is 0 Å². The molecule has 20 heavy (non-hydrogen) atoms. The standard InChI is InChI=1S/C14H22N2O3S/c1-10(12-15-6-8-20-12)18-11-5-7-16(9-11)13(17)19-14(2,3)4/h6,8,10-11H,5,7,9H2,1-4H3/t10?,11-/m1/s1. The molecule has 0 spiro atoms. The molecule has 6 heteroatoms. The SMILES string of the molecule is CC(O[C@@H]1CCN(C(=O)OC(C)(C)C)C1)c1nccs1. The maximum absolute atomic E-state index is 12.0. The van der Waals surface area contributed by atoms with Crippen LogP contribution in [-0.2, 0) is 9.47 Å². The van der Waals surface area contributed by atoms with Crippen molar-refractivity contribution in [3.05, 3.63) is 16.6 Å². The highest BCUT2D eigenvalue weighted by molar-refractivity contribution is 7.09. The van der Waals surface area contributed by atoms with E-state index in [0.717, 1.165) is 11.4 Å². The number of carbonyl (C=O) groups is 1. The van der Waals surface area contributed by atoms with Gasteiger partial charge >= 0.3 is 6.09 Å². The Morgan fingerprint density at radius 2 is 2.30 bits per heavy atom. The van der Waals surface area contributed by atoms with Crippen LogP contribution in [0.25, 0.3) is 0 Å². The summed E-state index contributed by atoms with van der Waals surface area (Å²) in [4.78, 5) is 17.9.